The second-order valence-electron chi connectivity index (χ2n) is 7.69. The van der Waals surface area contributed by atoms with Gasteiger partial charge in [-0.3, -0.25) is 4.79 Å². The molecular weight excluding hydrogens is 360 g/mol. The molecule has 0 radical (unpaired) electrons. The lowest BCUT2D eigenvalue weighted by molar-refractivity contribution is -0.117. The zero-order valence-corrected chi connectivity index (χ0v) is 17.3. The highest BCUT2D eigenvalue weighted by atomic mass is 16.1. The van der Waals surface area contributed by atoms with E-state index in [-0.39, 0.29) is 17.5 Å². The number of amides is 1. The molecule has 1 unspecified atom stereocenters. The summed E-state index contributed by atoms with van der Waals surface area (Å²) in [5.74, 6) is -0.380. The maximum Gasteiger partial charge on any atom is 0.263 e. The summed E-state index contributed by atoms with van der Waals surface area (Å²) in [7, 11) is 3.95. The Morgan fingerprint density at radius 2 is 1.79 bits per heavy atom. The van der Waals surface area contributed by atoms with Crippen LogP contribution in [0, 0.1) is 11.3 Å². The van der Waals surface area contributed by atoms with Gasteiger partial charge >= 0.3 is 0 Å². The van der Waals surface area contributed by atoms with Gasteiger partial charge in [-0.25, -0.2) is 0 Å². The Kier molecular flexibility index (Phi) is 6.56. The molecular formula is C24H28N4O. The standard InChI is InChI=1S/C24H28N4O/c1-17(19-9-8-18-6-4-5-7-20(18)14-19)27-24(29)21(15-25)16-26-22-10-12-23(13-11-22)28(2)3/h8-14,16-17,26H,4-7H2,1-3H3,(H,27,29)/b21-16-. The summed E-state index contributed by atoms with van der Waals surface area (Å²) in [5, 5.41) is 15.4. The molecule has 1 atom stereocenters. The largest absolute Gasteiger partial charge is 0.378 e. The molecule has 0 aromatic heterocycles. The number of rotatable bonds is 6. The molecule has 0 spiro atoms. The van der Waals surface area contributed by atoms with Crippen molar-refractivity contribution in [3.8, 4) is 6.07 Å². The van der Waals surface area contributed by atoms with Crippen LogP contribution < -0.4 is 15.5 Å². The third-order valence-corrected chi connectivity index (χ3v) is 5.35. The van der Waals surface area contributed by atoms with Crippen LogP contribution in [0.3, 0.4) is 0 Å². The van der Waals surface area contributed by atoms with Crippen molar-refractivity contribution < 1.29 is 4.79 Å². The quantitative estimate of drug-likeness (QED) is 0.571. The topological polar surface area (TPSA) is 68.2 Å². The lowest BCUT2D eigenvalue weighted by Crippen LogP contribution is -2.28. The molecule has 0 aliphatic heterocycles. The van der Waals surface area contributed by atoms with Gasteiger partial charge in [0.15, 0.2) is 0 Å². The van der Waals surface area contributed by atoms with E-state index in [1.165, 1.54) is 30.2 Å². The highest BCUT2D eigenvalue weighted by molar-refractivity contribution is 5.97. The lowest BCUT2D eigenvalue weighted by Gasteiger charge is -2.20. The van der Waals surface area contributed by atoms with Gasteiger partial charge in [-0.1, -0.05) is 18.2 Å². The fraction of sp³-hybridized carbons (Fsp3) is 0.333. The maximum absolute atomic E-state index is 12.6. The van der Waals surface area contributed by atoms with Crippen LogP contribution >= 0.6 is 0 Å². The average molecular weight is 389 g/mol. The van der Waals surface area contributed by atoms with Gasteiger partial charge in [0.2, 0.25) is 0 Å². The minimum absolute atomic E-state index is 0.0477. The Morgan fingerprint density at radius 1 is 1.10 bits per heavy atom. The average Bonchev–Trinajstić information content (AvgIpc) is 2.74. The van der Waals surface area contributed by atoms with E-state index < -0.39 is 0 Å². The van der Waals surface area contributed by atoms with E-state index in [0.29, 0.717) is 0 Å². The van der Waals surface area contributed by atoms with E-state index in [9.17, 15) is 10.1 Å². The van der Waals surface area contributed by atoms with Crippen LogP contribution in [0.1, 0.15) is 42.5 Å². The van der Waals surface area contributed by atoms with Crippen molar-refractivity contribution >= 4 is 17.3 Å². The normalized spacial score (nSPS) is 14.3. The molecule has 0 bridgehead atoms. The third-order valence-electron chi connectivity index (χ3n) is 5.35. The Morgan fingerprint density at radius 3 is 2.45 bits per heavy atom. The van der Waals surface area contributed by atoms with Crippen LogP contribution in [0.5, 0.6) is 0 Å². The Bertz CT molecular complexity index is 938. The van der Waals surface area contributed by atoms with Crippen LogP contribution in [0.2, 0.25) is 0 Å². The third kappa shape index (κ3) is 5.17. The fourth-order valence-electron chi connectivity index (χ4n) is 3.54. The van der Waals surface area contributed by atoms with Gasteiger partial charge in [-0.2, -0.15) is 5.26 Å². The van der Waals surface area contributed by atoms with Crippen molar-refractivity contribution in [2.45, 2.75) is 38.6 Å². The number of nitriles is 1. The van der Waals surface area contributed by atoms with Gasteiger partial charge in [0.25, 0.3) is 5.91 Å². The molecule has 150 valence electrons. The molecule has 3 rings (SSSR count). The van der Waals surface area contributed by atoms with Gasteiger partial charge in [-0.05, 0) is 73.6 Å². The zero-order chi connectivity index (χ0) is 20.8. The number of carbonyl (C=O) groups is 1. The van der Waals surface area contributed by atoms with Gasteiger partial charge < -0.3 is 15.5 Å². The number of nitrogens with zero attached hydrogens (tertiary/aromatic N) is 2. The molecule has 29 heavy (non-hydrogen) atoms. The zero-order valence-electron chi connectivity index (χ0n) is 17.3. The van der Waals surface area contributed by atoms with Crippen LogP contribution in [-0.2, 0) is 17.6 Å². The molecule has 1 aliphatic rings. The monoisotopic (exact) mass is 388 g/mol. The number of aryl methyl sites for hydroxylation is 2. The van der Waals surface area contributed by atoms with Gasteiger partial charge in [0, 0.05) is 31.7 Å². The summed E-state index contributed by atoms with van der Waals surface area (Å²) in [6.07, 6.45) is 6.17. The van der Waals surface area contributed by atoms with Crippen LogP contribution in [0.4, 0.5) is 11.4 Å². The number of hydrogen-bond donors (Lipinski definition) is 2. The number of fused-ring (bicyclic) bond motifs is 1. The van der Waals surface area contributed by atoms with Crippen molar-refractivity contribution in [3.63, 3.8) is 0 Å². The number of anilines is 2. The molecule has 1 amide bonds. The van der Waals surface area contributed by atoms with E-state index in [1.54, 1.807) is 0 Å². The summed E-state index contributed by atoms with van der Waals surface area (Å²) >= 11 is 0. The Hall–Kier alpha value is -3.26. The van der Waals surface area contributed by atoms with E-state index in [4.69, 9.17) is 0 Å². The van der Waals surface area contributed by atoms with Gasteiger partial charge in [0.05, 0.1) is 6.04 Å². The van der Waals surface area contributed by atoms with Crippen molar-refractivity contribution in [1.29, 1.82) is 5.26 Å². The SMILES string of the molecule is CC(NC(=O)/C(C#N)=C\Nc1ccc(N(C)C)cc1)c1ccc2c(c1)CCCC2. The first kappa shape index (κ1) is 20.5. The molecule has 2 aromatic rings. The predicted molar refractivity (Wildman–Crippen MR) is 118 cm³/mol. The fourth-order valence-corrected chi connectivity index (χ4v) is 3.54. The predicted octanol–water partition coefficient (Wildman–Crippen LogP) is 4.33. The van der Waals surface area contributed by atoms with Crippen molar-refractivity contribution in [2.24, 2.45) is 0 Å². The highest BCUT2D eigenvalue weighted by Gasteiger charge is 2.16. The summed E-state index contributed by atoms with van der Waals surface area (Å²) in [4.78, 5) is 14.6. The van der Waals surface area contributed by atoms with Crippen molar-refractivity contribution in [2.75, 3.05) is 24.3 Å². The van der Waals surface area contributed by atoms with E-state index >= 15 is 0 Å². The minimum atomic E-state index is -0.380. The number of carbonyl (C=O) groups excluding carboxylic acids is 1. The molecule has 0 saturated heterocycles. The molecule has 0 heterocycles. The summed E-state index contributed by atoms with van der Waals surface area (Å²) in [6, 6.07) is 16.0. The molecule has 1 aliphatic carbocycles. The van der Waals surface area contributed by atoms with Crippen LogP contribution in [0.15, 0.2) is 54.2 Å². The summed E-state index contributed by atoms with van der Waals surface area (Å²) in [6.45, 7) is 1.95. The van der Waals surface area contributed by atoms with Gasteiger partial charge in [-0.15, -0.1) is 0 Å². The molecule has 0 saturated carbocycles. The first-order valence-electron chi connectivity index (χ1n) is 10.0. The lowest BCUT2D eigenvalue weighted by atomic mass is 9.89. The summed E-state index contributed by atoms with van der Waals surface area (Å²) in [5.41, 5.74) is 5.82. The van der Waals surface area contributed by atoms with Crippen LogP contribution in [0.25, 0.3) is 0 Å². The second kappa shape index (κ2) is 9.29. The molecule has 0 fully saturated rings. The molecule has 2 N–H and O–H groups in total. The number of benzene rings is 2. The smallest absolute Gasteiger partial charge is 0.263 e. The number of nitrogens with one attached hydrogen (secondary N) is 2. The van der Waals surface area contributed by atoms with Crippen molar-refractivity contribution in [3.05, 3.63) is 70.9 Å². The van der Waals surface area contributed by atoms with Crippen LogP contribution in [-0.4, -0.2) is 20.0 Å². The Balaban J connectivity index is 1.64. The molecule has 5 nitrogen and oxygen atoms in total. The summed E-state index contributed by atoms with van der Waals surface area (Å²) < 4.78 is 0. The molecule has 2 aromatic carbocycles. The molecule has 5 heteroatoms. The van der Waals surface area contributed by atoms with E-state index in [0.717, 1.165) is 29.8 Å². The number of hydrogen-bond acceptors (Lipinski definition) is 4. The van der Waals surface area contributed by atoms with Crippen molar-refractivity contribution in [1.82, 2.24) is 5.32 Å². The maximum atomic E-state index is 12.6. The minimum Gasteiger partial charge on any atom is -0.378 e. The van der Waals surface area contributed by atoms with E-state index in [2.05, 4.69) is 28.8 Å². The first-order valence-corrected chi connectivity index (χ1v) is 10.0. The second-order valence-corrected chi connectivity index (χ2v) is 7.69. The highest BCUT2D eigenvalue weighted by Crippen LogP contribution is 2.25. The van der Waals surface area contributed by atoms with Gasteiger partial charge in [0.1, 0.15) is 11.6 Å². The Labute approximate surface area is 173 Å². The first-order chi connectivity index (χ1) is 14.0. The van der Waals surface area contributed by atoms with E-state index in [1.807, 2.05) is 56.3 Å².